The number of aryl methyl sites for hydroxylation is 1. The van der Waals surface area contributed by atoms with Crippen LogP contribution in [0.25, 0.3) is 0 Å². The standard InChI is InChI=1S/C15H23N3/c1-11-8-12(2-5-15(11)16)9-17-13-6-7-18(10-13)14-3-4-14/h2,5,8,13-14,17H,3-4,6-7,9-10,16H2,1H3. The number of hydrogen-bond donors (Lipinski definition) is 2. The molecule has 0 spiro atoms. The lowest BCUT2D eigenvalue weighted by atomic mass is 10.1. The number of anilines is 1. The zero-order valence-electron chi connectivity index (χ0n) is 11.2. The molecule has 1 aliphatic carbocycles. The summed E-state index contributed by atoms with van der Waals surface area (Å²) in [5.74, 6) is 0. The maximum Gasteiger partial charge on any atom is 0.0343 e. The quantitative estimate of drug-likeness (QED) is 0.796. The molecule has 1 unspecified atom stereocenters. The van der Waals surface area contributed by atoms with E-state index in [9.17, 15) is 0 Å². The summed E-state index contributed by atoms with van der Waals surface area (Å²) in [5.41, 5.74) is 9.25. The fourth-order valence-electron chi connectivity index (χ4n) is 2.84. The first-order valence-corrected chi connectivity index (χ1v) is 7.05. The van der Waals surface area contributed by atoms with Crippen molar-refractivity contribution < 1.29 is 0 Å². The molecule has 1 heterocycles. The summed E-state index contributed by atoms with van der Waals surface area (Å²) in [7, 11) is 0. The van der Waals surface area contributed by atoms with Crippen molar-refractivity contribution in [2.45, 2.75) is 44.8 Å². The smallest absolute Gasteiger partial charge is 0.0343 e. The van der Waals surface area contributed by atoms with Gasteiger partial charge in [0.2, 0.25) is 0 Å². The van der Waals surface area contributed by atoms with Gasteiger partial charge in [-0.1, -0.05) is 12.1 Å². The number of nitrogens with one attached hydrogen (secondary N) is 1. The molecule has 3 heteroatoms. The zero-order chi connectivity index (χ0) is 12.5. The highest BCUT2D eigenvalue weighted by Gasteiger charge is 2.33. The third-order valence-electron chi connectivity index (χ3n) is 4.21. The van der Waals surface area contributed by atoms with E-state index in [1.807, 2.05) is 6.07 Å². The number of benzene rings is 1. The Morgan fingerprint density at radius 2 is 2.17 bits per heavy atom. The number of rotatable bonds is 4. The maximum absolute atomic E-state index is 5.84. The van der Waals surface area contributed by atoms with Gasteiger partial charge in [-0.25, -0.2) is 0 Å². The monoisotopic (exact) mass is 245 g/mol. The van der Waals surface area contributed by atoms with Crippen LogP contribution in [0.3, 0.4) is 0 Å². The molecule has 1 atom stereocenters. The van der Waals surface area contributed by atoms with Crippen LogP contribution in [-0.2, 0) is 6.54 Å². The fourth-order valence-corrected chi connectivity index (χ4v) is 2.84. The highest BCUT2D eigenvalue weighted by molar-refractivity contribution is 5.47. The lowest BCUT2D eigenvalue weighted by Crippen LogP contribution is -2.32. The lowest BCUT2D eigenvalue weighted by molar-refractivity contribution is 0.317. The van der Waals surface area contributed by atoms with Gasteiger partial charge in [-0.15, -0.1) is 0 Å². The largest absolute Gasteiger partial charge is 0.399 e. The van der Waals surface area contributed by atoms with E-state index >= 15 is 0 Å². The highest BCUT2D eigenvalue weighted by Crippen LogP contribution is 2.29. The summed E-state index contributed by atoms with van der Waals surface area (Å²) in [6, 6.07) is 7.91. The van der Waals surface area contributed by atoms with E-state index in [0.717, 1.165) is 18.3 Å². The van der Waals surface area contributed by atoms with Gasteiger partial charge in [-0.2, -0.15) is 0 Å². The molecule has 0 bridgehead atoms. The van der Waals surface area contributed by atoms with Crippen LogP contribution < -0.4 is 11.1 Å². The number of likely N-dealkylation sites (tertiary alicyclic amines) is 1. The van der Waals surface area contributed by atoms with Crippen molar-refractivity contribution in [2.24, 2.45) is 0 Å². The van der Waals surface area contributed by atoms with E-state index < -0.39 is 0 Å². The minimum Gasteiger partial charge on any atom is -0.399 e. The van der Waals surface area contributed by atoms with Crippen molar-refractivity contribution >= 4 is 5.69 Å². The Labute approximate surface area is 109 Å². The van der Waals surface area contributed by atoms with Gasteiger partial charge < -0.3 is 11.1 Å². The van der Waals surface area contributed by atoms with Crippen molar-refractivity contribution in [3.05, 3.63) is 29.3 Å². The minimum absolute atomic E-state index is 0.670. The molecule has 1 saturated heterocycles. The van der Waals surface area contributed by atoms with Gasteiger partial charge in [0.1, 0.15) is 0 Å². The van der Waals surface area contributed by atoms with Crippen LogP contribution in [0, 0.1) is 6.92 Å². The van der Waals surface area contributed by atoms with Crippen LogP contribution in [0.5, 0.6) is 0 Å². The molecule has 1 saturated carbocycles. The second-order valence-electron chi connectivity index (χ2n) is 5.78. The third-order valence-corrected chi connectivity index (χ3v) is 4.21. The van der Waals surface area contributed by atoms with Crippen LogP contribution in [0.2, 0.25) is 0 Å². The highest BCUT2D eigenvalue weighted by atomic mass is 15.2. The second-order valence-corrected chi connectivity index (χ2v) is 5.78. The topological polar surface area (TPSA) is 41.3 Å². The van der Waals surface area contributed by atoms with E-state index in [-0.39, 0.29) is 0 Å². The zero-order valence-corrected chi connectivity index (χ0v) is 11.2. The van der Waals surface area contributed by atoms with Gasteiger partial charge in [0.15, 0.2) is 0 Å². The maximum atomic E-state index is 5.84. The van der Waals surface area contributed by atoms with Crippen LogP contribution in [0.4, 0.5) is 5.69 Å². The molecule has 1 aliphatic heterocycles. The molecule has 98 valence electrons. The summed E-state index contributed by atoms with van der Waals surface area (Å²) < 4.78 is 0. The molecule has 1 aromatic rings. The molecule has 2 fully saturated rings. The SMILES string of the molecule is Cc1cc(CNC2CCN(C3CC3)C2)ccc1N. The van der Waals surface area contributed by atoms with Crippen molar-refractivity contribution in [1.82, 2.24) is 10.2 Å². The molecule has 0 aromatic heterocycles. The van der Waals surface area contributed by atoms with E-state index in [2.05, 4.69) is 29.3 Å². The van der Waals surface area contributed by atoms with Gasteiger partial charge >= 0.3 is 0 Å². The number of nitrogen functional groups attached to an aromatic ring is 1. The second kappa shape index (κ2) is 4.90. The van der Waals surface area contributed by atoms with Crippen molar-refractivity contribution in [2.75, 3.05) is 18.8 Å². The molecule has 3 rings (SSSR count). The van der Waals surface area contributed by atoms with Gasteiger partial charge in [0.25, 0.3) is 0 Å². The normalized spacial score (nSPS) is 24.6. The molecular weight excluding hydrogens is 222 g/mol. The Morgan fingerprint density at radius 1 is 1.33 bits per heavy atom. The Hall–Kier alpha value is -1.06. The first-order valence-electron chi connectivity index (χ1n) is 7.05. The van der Waals surface area contributed by atoms with E-state index in [0.29, 0.717) is 6.04 Å². The average molecular weight is 245 g/mol. The van der Waals surface area contributed by atoms with Gasteiger partial charge in [-0.3, -0.25) is 4.90 Å². The Kier molecular flexibility index (Phi) is 3.27. The molecule has 3 N–H and O–H groups in total. The van der Waals surface area contributed by atoms with E-state index in [1.54, 1.807) is 0 Å². The van der Waals surface area contributed by atoms with Crippen LogP contribution in [0.15, 0.2) is 18.2 Å². The van der Waals surface area contributed by atoms with Crippen molar-refractivity contribution in [1.29, 1.82) is 0 Å². The number of nitrogens with two attached hydrogens (primary N) is 1. The molecule has 0 radical (unpaired) electrons. The van der Waals surface area contributed by atoms with Crippen molar-refractivity contribution in [3.63, 3.8) is 0 Å². The Morgan fingerprint density at radius 3 is 2.89 bits per heavy atom. The van der Waals surface area contributed by atoms with Crippen LogP contribution >= 0.6 is 0 Å². The first kappa shape index (κ1) is 12.0. The summed E-state index contributed by atoms with van der Waals surface area (Å²) in [6.45, 7) is 5.55. The number of hydrogen-bond acceptors (Lipinski definition) is 3. The molecule has 3 nitrogen and oxygen atoms in total. The third kappa shape index (κ3) is 2.68. The number of nitrogens with zero attached hydrogens (tertiary/aromatic N) is 1. The van der Waals surface area contributed by atoms with Gasteiger partial charge in [0.05, 0.1) is 0 Å². The van der Waals surface area contributed by atoms with Crippen LogP contribution in [-0.4, -0.2) is 30.1 Å². The molecule has 2 aliphatic rings. The predicted octanol–water partition coefficient (Wildman–Crippen LogP) is 1.90. The predicted molar refractivity (Wildman–Crippen MR) is 75.4 cm³/mol. The van der Waals surface area contributed by atoms with Crippen molar-refractivity contribution in [3.8, 4) is 0 Å². The minimum atomic E-state index is 0.670. The van der Waals surface area contributed by atoms with E-state index in [4.69, 9.17) is 5.73 Å². The fraction of sp³-hybridized carbons (Fsp3) is 0.600. The molecular formula is C15H23N3. The summed E-state index contributed by atoms with van der Waals surface area (Å²) in [5, 5.41) is 3.67. The average Bonchev–Trinajstić information content (AvgIpc) is 3.11. The summed E-state index contributed by atoms with van der Waals surface area (Å²) >= 11 is 0. The molecule has 1 aromatic carbocycles. The summed E-state index contributed by atoms with van der Waals surface area (Å²) in [6.07, 6.45) is 4.14. The van der Waals surface area contributed by atoms with E-state index in [1.165, 1.54) is 43.5 Å². The van der Waals surface area contributed by atoms with Crippen LogP contribution in [0.1, 0.15) is 30.4 Å². The summed E-state index contributed by atoms with van der Waals surface area (Å²) in [4.78, 5) is 2.64. The lowest BCUT2D eigenvalue weighted by Gasteiger charge is -2.16. The Balaban J connectivity index is 1.50. The van der Waals surface area contributed by atoms with Gasteiger partial charge in [-0.05, 0) is 43.4 Å². The molecule has 0 amide bonds. The Bertz CT molecular complexity index is 426. The van der Waals surface area contributed by atoms with Gasteiger partial charge in [0, 0.05) is 37.4 Å². The first-order chi connectivity index (χ1) is 8.72. The molecule has 18 heavy (non-hydrogen) atoms.